The smallest absolute Gasteiger partial charge is 0.265 e. The summed E-state index contributed by atoms with van der Waals surface area (Å²) in [6.07, 6.45) is 2.05. The van der Waals surface area contributed by atoms with Gasteiger partial charge in [-0.3, -0.25) is 9.40 Å². The summed E-state index contributed by atoms with van der Waals surface area (Å²) in [7, 11) is -4.26. The number of aromatic nitrogens is 2. The maximum absolute atomic E-state index is 13.4. The third kappa shape index (κ3) is 3.34. The molecule has 0 spiro atoms. The molecule has 0 bridgehead atoms. The van der Waals surface area contributed by atoms with E-state index in [1.54, 1.807) is 4.72 Å². The minimum atomic E-state index is -4.26. The lowest BCUT2D eigenvalue weighted by Gasteiger charge is -2.08. The Bertz CT molecular complexity index is 761. The summed E-state index contributed by atoms with van der Waals surface area (Å²) < 4.78 is 66.3. The van der Waals surface area contributed by atoms with Crippen LogP contribution in [-0.2, 0) is 16.6 Å². The molecule has 1 heterocycles. The number of halogens is 3. The summed E-state index contributed by atoms with van der Waals surface area (Å²) in [6.45, 7) is -0.184. The molecule has 2 N–H and O–H groups in total. The number of sulfonamides is 1. The highest BCUT2D eigenvalue weighted by Crippen LogP contribution is 2.22. The Morgan fingerprint density at radius 1 is 1.29 bits per heavy atom. The fraction of sp³-hybridized carbons (Fsp3) is 0.182. The normalized spacial score (nSPS) is 11.6. The fourth-order valence-electron chi connectivity index (χ4n) is 1.54. The summed E-state index contributed by atoms with van der Waals surface area (Å²) in [5, 5.41) is 12.4. The maximum atomic E-state index is 13.4. The second-order valence-corrected chi connectivity index (χ2v) is 5.70. The molecule has 2 aromatic rings. The molecular formula is C11H10F3N3O3S. The van der Waals surface area contributed by atoms with Gasteiger partial charge in [-0.15, -0.1) is 0 Å². The molecule has 0 aliphatic heterocycles. The van der Waals surface area contributed by atoms with Crippen molar-refractivity contribution in [2.24, 2.45) is 0 Å². The molecule has 0 atom stereocenters. The Balaban J connectivity index is 2.33. The van der Waals surface area contributed by atoms with Gasteiger partial charge in [0.1, 0.15) is 10.7 Å². The van der Waals surface area contributed by atoms with Crippen molar-refractivity contribution in [3.05, 3.63) is 42.0 Å². The molecular weight excluding hydrogens is 311 g/mol. The van der Waals surface area contributed by atoms with Gasteiger partial charge in [0.2, 0.25) is 0 Å². The molecule has 0 fully saturated rings. The summed E-state index contributed by atoms with van der Waals surface area (Å²) in [5.74, 6) is -4.14. The van der Waals surface area contributed by atoms with Crippen LogP contribution in [0.3, 0.4) is 0 Å². The molecule has 114 valence electrons. The molecule has 2 rings (SSSR count). The standard InChI is InChI=1S/C11H10F3N3O3S/c12-7-3-9(13)11(14)10(4-7)16-21(19,20)8-5-15-17(6-8)1-2-18/h3-6,16,18H,1-2H2. The van der Waals surface area contributed by atoms with Crippen molar-refractivity contribution < 1.29 is 26.7 Å². The molecule has 0 saturated carbocycles. The molecule has 0 saturated heterocycles. The molecule has 0 unspecified atom stereocenters. The van der Waals surface area contributed by atoms with E-state index in [9.17, 15) is 21.6 Å². The molecule has 0 aliphatic rings. The monoisotopic (exact) mass is 321 g/mol. The Kier molecular flexibility index (Phi) is 4.19. The van der Waals surface area contributed by atoms with E-state index in [0.717, 1.165) is 17.1 Å². The van der Waals surface area contributed by atoms with Gasteiger partial charge in [0, 0.05) is 18.3 Å². The molecule has 21 heavy (non-hydrogen) atoms. The number of nitrogens with zero attached hydrogens (tertiary/aromatic N) is 2. The Morgan fingerprint density at radius 2 is 2.00 bits per heavy atom. The molecule has 1 aromatic carbocycles. The van der Waals surface area contributed by atoms with E-state index >= 15 is 0 Å². The van der Waals surface area contributed by atoms with E-state index < -0.39 is 33.2 Å². The van der Waals surface area contributed by atoms with Crippen molar-refractivity contribution in [3.63, 3.8) is 0 Å². The van der Waals surface area contributed by atoms with Crippen molar-refractivity contribution in [3.8, 4) is 0 Å². The Labute approximate surface area is 117 Å². The van der Waals surface area contributed by atoms with Crippen LogP contribution in [0, 0.1) is 17.5 Å². The topological polar surface area (TPSA) is 84.2 Å². The predicted octanol–water partition coefficient (Wildman–Crippen LogP) is 1.09. The molecule has 0 amide bonds. The molecule has 6 nitrogen and oxygen atoms in total. The minimum Gasteiger partial charge on any atom is -0.394 e. The number of anilines is 1. The quantitative estimate of drug-likeness (QED) is 0.808. The molecule has 0 radical (unpaired) electrons. The molecule has 0 aliphatic carbocycles. The van der Waals surface area contributed by atoms with Crippen LogP contribution in [-0.4, -0.2) is 29.9 Å². The lowest BCUT2D eigenvalue weighted by molar-refractivity contribution is 0.269. The van der Waals surface area contributed by atoms with E-state index in [4.69, 9.17) is 5.11 Å². The first-order valence-corrected chi connectivity index (χ1v) is 7.12. The lowest BCUT2D eigenvalue weighted by atomic mass is 10.3. The van der Waals surface area contributed by atoms with Gasteiger partial charge < -0.3 is 5.11 Å². The van der Waals surface area contributed by atoms with Crippen LogP contribution in [0.4, 0.5) is 18.9 Å². The van der Waals surface area contributed by atoms with Crippen molar-refractivity contribution >= 4 is 15.7 Å². The van der Waals surface area contributed by atoms with Crippen LogP contribution in [0.25, 0.3) is 0 Å². The third-order valence-electron chi connectivity index (χ3n) is 2.49. The van der Waals surface area contributed by atoms with Crippen LogP contribution in [0.1, 0.15) is 0 Å². The zero-order valence-electron chi connectivity index (χ0n) is 10.4. The summed E-state index contributed by atoms with van der Waals surface area (Å²) in [4.78, 5) is -0.333. The second kappa shape index (κ2) is 5.74. The maximum Gasteiger partial charge on any atom is 0.265 e. The van der Waals surface area contributed by atoms with Gasteiger partial charge in [0.25, 0.3) is 10.0 Å². The average Bonchev–Trinajstić information content (AvgIpc) is 2.85. The van der Waals surface area contributed by atoms with E-state index in [2.05, 4.69) is 5.10 Å². The number of aliphatic hydroxyl groups excluding tert-OH is 1. The van der Waals surface area contributed by atoms with Gasteiger partial charge in [-0.1, -0.05) is 0 Å². The number of hydrogen-bond acceptors (Lipinski definition) is 4. The van der Waals surface area contributed by atoms with Crippen molar-refractivity contribution in [1.82, 2.24) is 9.78 Å². The van der Waals surface area contributed by atoms with Crippen molar-refractivity contribution in [1.29, 1.82) is 0 Å². The highest BCUT2D eigenvalue weighted by molar-refractivity contribution is 7.92. The highest BCUT2D eigenvalue weighted by atomic mass is 32.2. The van der Waals surface area contributed by atoms with Gasteiger partial charge in [-0.2, -0.15) is 5.10 Å². The van der Waals surface area contributed by atoms with Crippen LogP contribution in [0.5, 0.6) is 0 Å². The zero-order chi connectivity index (χ0) is 15.6. The first-order chi connectivity index (χ1) is 9.83. The van der Waals surface area contributed by atoms with Gasteiger partial charge in [-0.25, -0.2) is 21.6 Å². The van der Waals surface area contributed by atoms with E-state index in [-0.39, 0.29) is 18.0 Å². The molecule has 10 heteroatoms. The lowest BCUT2D eigenvalue weighted by Crippen LogP contribution is -2.14. The first kappa shape index (κ1) is 15.3. The van der Waals surface area contributed by atoms with Crippen molar-refractivity contribution in [2.75, 3.05) is 11.3 Å². The average molecular weight is 321 g/mol. The number of benzene rings is 1. The Morgan fingerprint density at radius 3 is 2.67 bits per heavy atom. The highest BCUT2D eigenvalue weighted by Gasteiger charge is 2.20. The van der Waals surface area contributed by atoms with Crippen LogP contribution in [0.15, 0.2) is 29.4 Å². The predicted molar refractivity (Wildman–Crippen MR) is 66.4 cm³/mol. The first-order valence-electron chi connectivity index (χ1n) is 5.64. The minimum absolute atomic E-state index is 0.0679. The zero-order valence-corrected chi connectivity index (χ0v) is 11.2. The van der Waals surface area contributed by atoms with Crippen LogP contribution >= 0.6 is 0 Å². The van der Waals surface area contributed by atoms with Gasteiger partial charge in [0.15, 0.2) is 11.6 Å². The van der Waals surface area contributed by atoms with Crippen LogP contribution in [0.2, 0.25) is 0 Å². The van der Waals surface area contributed by atoms with Gasteiger partial charge >= 0.3 is 0 Å². The number of nitrogens with one attached hydrogen (secondary N) is 1. The second-order valence-electron chi connectivity index (χ2n) is 4.02. The summed E-state index contributed by atoms with van der Waals surface area (Å²) in [6, 6.07) is 0.820. The van der Waals surface area contributed by atoms with E-state index in [0.29, 0.717) is 12.1 Å². The van der Waals surface area contributed by atoms with Gasteiger partial charge in [0.05, 0.1) is 25.0 Å². The Hall–Kier alpha value is -2.07. The number of aliphatic hydroxyl groups is 1. The number of rotatable bonds is 5. The van der Waals surface area contributed by atoms with Crippen LogP contribution < -0.4 is 4.72 Å². The van der Waals surface area contributed by atoms with Crippen molar-refractivity contribution in [2.45, 2.75) is 11.4 Å². The SMILES string of the molecule is O=S(=O)(Nc1cc(F)cc(F)c1F)c1cnn(CCO)c1. The summed E-state index contributed by atoms with van der Waals surface area (Å²) >= 11 is 0. The fourth-order valence-corrected chi connectivity index (χ4v) is 2.54. The third-order valence-corrected chi connectivity index (χ3v) is 3.81. The largest absolute Gasteiger partial charge is 0.394 e. The van der Waals surface area contributed by atoms with E-state index in [1.807, 2.05) is 0 Å². The molecule has 1 aromatic heterocycles. The number of hydrogen-bond donors (Lipinski definition) is 2. The van der Waals surface area contributed by atoms with Gasteiger partial charge in [-0.05, 0) is 0 Å². The summed E-state index contributed by atoms with van der Waals surface area (Å²) in [5.41, 5.74) is -0.845. The van der Waals surface area contributed by atoms with E-state index in [1.165, 1.54) is 0 Å².